The van der Waals surface area contributed by atoms with Crippen LogP contribution < -0.4 is 11.3 Å². The number of ether oxygens (including phenoxy) is 1. The van der Waals surface area contributed by atoms with Gasteiger partial charge in [0.1, 0.15) is 0 Å². The molecule has 0 aromatic rings. The normalized spacial score (nSPS) is 12.0. The second-order valence-electron chi connectivity index (χ2n) is 3.33. The smallest absolute Gasteiger partial charge is 0.417 e. The molecular formula is C9H24N2O9P2. The summed E-state index contributed by atoms with van der Waals surface area (Å²) in [6, 6.07) is 0. The zero-order valence-electron chi connectivity index (χ0n) is 12.6. The molecule has 1 atom stereocenters. The van der Waals surface area contributed by atoms with E-state index in [1.54, 1.807) is 6.92 Å². The van der Waals surface area contributed by atoms with Crippen LogP contribution in [0.3, 0.4) is 0 Å². The van der Waals surface area contributed by atoms with Gasteiger partial charge < -0.3 is 19.4 Å². The molecule has 0 rings (SSSR count). The molecule has 0 radical (unpaired) electrons. The van der Waals surface area contributed by atoms with Gasteiger partial charge in [-0.3, -0.25) is 19.3 Å². The van der Waals surface area contributed by atoms with Crippen LogP contribution in [0.2, 0.25) is 0 Å². The molecule has 0 heterocycles. The number of rotatable bonds is 6. The molecular weight excluding hydrogens is 342 g/mol. The van der Waals surface area contributed by atoms with E-state index < -0.39 is 34.1 Å². The Balaban J connectivity index is -0.000000372. The number of nitrogens with two attached hydrogens (primary N) is 1. The average Bonchev–Trinajstić information content (AvgIpc) is 2.44. The van der Waals surface area contributed by atoms with Crippen molar-refractivity contribution in [3.05, 3.63) is 0 Å². The van der Waals surface area contributed by atoms with Crippen molar-refractivity contribution < 1.29 is 42.7 Å². The number of carbonyl (C=O) groups is 2. The molecule has 1 amide bonds. The monoisotopic (exact) mass is 366 g/mol. The predicted octanol–water partition coefficient (Wildman–Crippen LogP) is 0.502. The molecule has 22 heavy (non-hydrogen) atoms. The zero-order valence-corrected chi connectivity index (χ0v) is 14.5. The molecule has 13 heteroatoms. The van der Waals surface area contributed by atoms with E-state index in [-0.39, 0.29) is 6.61 Å². The van der Waals surface area contributed by atoms with Crippen molar-refractivity contribution in [3.63, 3.8) is 0 Å². The second-order valence-corrected chi connectivity index (χ2v) is 5.60. The van der Waals surface area contributed by atoms with E-state index in [0.29, 0.717) is 0 Å². The van der Waals surface area contributed by atoms with E-state index in [1.165, 1.54) is 18.3 Å². The minimum absolute atomic E-state index is 0.112. The molecule has 0 saturated carbocycles. The Hall–Kier alpha value is -0.800. The molecule has 0 aromatic carbocycles. The summed E-state index contributed by atoms with van der Waals surface area (Å²) in [5.74, 6) is 3.75. The third kappa shape index (κ3) is 21.5. The number of nitrogens with one attached hydrogen (secondary N) is 1. The first kappa shape index (κ1) is 26.1. The van der Waals surface area contributed by atoms with Crippen LogP contribution in [0.25, 0.3) is 0 Å². The fraction of sp³-hybridized carbons (Fsp3) is 0.778. The number of esters is 1. The summed E-state index contributed by atoms with van der Waals surface area (Å²) >= 11 is 0. The summed E-state index contributed by atoms with van der Waals surface area (Å²) in [6.07, 6.45) is 2.64. The van der Waals surface area contributed by atoms with Crippen LogP contribution in [-0.2, 0) is 23.2 Å². The molecule has 0 saturated heterocycles. The van der Waals surface area contributed by atoms with Gasteiger partial charge in [-0.05, 0) is 6.92 Å². The molecule has 0 aliphatic rings. The van der Waals surface area contributed by atoms with Gasteiger partial charge in [0.05, 0.1) is 6.61 Å². The first-order valence-corrected chi connectivity index (χ1v) is 9.02. The van der Waals surface area contributed by atoms with Crippen LogP contribution in [0.1, 0.15) is 33.6 Å². The quantitative estimate of drug-likeness (QED) is 0.146. The Kier molecular flexibility index (Phi) is 19.7. The van der Waals surface area contributed by atoms with Gasteiger partial charge in [-0.15, -0.1) is 0 Å². The number of carbonyl (C=O) groups excluding carboxylic acids is 2. The average molecular weight is 366 g/mol. The number of unbranched alkanes of at least 4 members (excludes halogenated alkanes) is 1. The van der Waals surface area contributed by atoms with E-state index in [4.69, 9.17) is 19.2 Å². The van der Waals surface area contributed by atoms with Crippen LogP contribution in [0.15, 0.2) is 0 Å². The minimum Gasteiger partial charge on any atom is -0.464 e. The molecule has 134 valence electrons. The van der Waals surface area contributed by atoms with E-state index in [0.717, 1.165) is 0 Å². The number of hydrogen-bond donors (Lipinski definition) is 5. The van der Waals surface area contributed by atoms with Crippen LogP contribution in [-0.4, -0.2) is 39.5 Å². The number of hydrazine groups is 1. The Bertz CT molecular complexity index is 372. The number of hydrogen-bond acceptors (Lipinski definition) is 7. The highest BCUT2D eigenvalue weighted by Gasteiger charge is 2.30. The lowest BCUT2D eigenvalue weighted by Gasteiger charge is -2.08. The summed E-state index contributed by atoms with van der Waals surface area (Å²) in [6.45, 7) is 5.25. The highest BCUT2D eigenvalue weighted by Crippen LogP contribution is 2.41. The molecule has 11 nitrogen and oxygen atoms in total. The van der Waals surface area contributed by atoms with E-state index in [1.807, 2.05) is 0 Å². The van der Waals surface area contributed by atoms with Crippen molar-refractivity contribution in [1.82, 2.24) is 5.43 Å². The molecule has 0 aromatic heterocycles. The Morgan fingerprint density at radius 3 is 1.91 bits per heavy atom. The lowest BCUT2D eigenvalue weighted by molar-refractivity contribution is -0.145. The summed E-state index contributed by atoms with van der Waals surface area (Å²) < 4.78 is 28.2. The van der Waals surface area contributed by atoms with Gasteiger partial charge in [0, 0.05) is 0 Å². The van der Waals surface area contributed by atoms with Gasteiger partial charge in [-0.2, -0.15) is 0 Å². The van der Waals surface area contributed by atoms with E-state index in [9.17, 15) is 14.2 Å². The molecule has 0 bridgehead atoms. The van der Waals surface area contributed by atoms with Gasteiger partial charge in [-0.1, -0.05) is 26.7 Å². The van der Waals surface area contributed by atoms with Crippen molar-refractivity contribution in [2.75, 3.05) is 13.2 Å². The first-order chi connectivity index (χ1) is 10.1. The molecule has 0 aliphatic heterocycles. The lowest BCUT2D eigenvalue weighted by Crippen LogP contribution is -2.29. The topological polar surface area (TPSA) is 185 Å². The Morgan fingerprint density at radius 2 is 1.64 bits per heavy atom. The molecule has 0 spiro atoms. The third-order valence-electron chi connectivity index (χ3n) is 1.54. The van der Waals surface area contributed by atoms with Crippen molar-refractivity contribution >= 4 is 27.5 Å². The maximum Gasteiger partial charge on any atom is 0.417 e. The summed E-state index contributed by atoms with van der Waals surface area (Å²) in [4.78, 5) is 44.4. The van der Waals surface area contributed by atoms with Crippen LogP contribution >= 0.6 is 15.9 Å². The SMILES string of the molecule is CCCC.CCOC(=O)COP(=O)(O)C(=O)NN.O=[PH](O)O. The lowest BCUT2D eigenvalue weighted by atomic mass is 10.4. The largest absolute Gasteiger partial charge is 0.464 e. The minimum atomic E-state index is -4.54. The highest BCUT2D eigenvalue weighted by molar-refractivity contribution is 7.70. The Morgan fingerprint density at radius 1 is 1.23 bits per heavy atom. The Labute approximate surface area is 129 Å². The fourth-order valence-electron chi connectivity index (χ4n) is 0.483. The van der Waals surface area contributed by atoms with Crippen LogP contribution in [0.5, 0.6) is 0 Å². The molecule has 0 fully saturated rings. The van der Waals surface area contributed by atoms with Gasteiger partial charge in [0.15, 0.2) is 6.61 Å². The predicted molar refractivity (Wildman–Crippen MR) is 79.2 cm³/mol. The van der Waals surface area contributed by atoms with Gasteiger partial charge in [0.25, 0.3) is 0 Å². The molecule has 1 unspecified atom stereocenters. The van der Waals surface area contributed by atoms with Crippen molar-refractivity contribution in [3.8, 4) is 0 Å². The van der Waals surface area contributed by atoms with Gasteiger partial charge in [0.2, 0.25) is 0 Å². The van der Waals surface area contributed by atoms with Crippen LogP contribution in [0.4, 0.5) is 4.79 Å². The summed E-state index contributed by atoms with van der Waals surface area (Å²) in [5.41, 5.74) is 0.0446. The van der Waals surface area contributed by atoms with Crippen molar-refractivity contribution in [1.29, 1.82) is 0 Å². The van der Waals surface area contributed by atoms with E-state index >= 15 is 0 Å². The summed E-state index contributed by atoms with van der Waals surface area (Å²) in [5, 5.41) is 0. The fourth-order valence-corrected chi connectivity index (χ4v) is 1.04. The second kappa shape index (κ2) is 16.6. The van der Waals surface area contributed by atoms with Crippen molar-refractivity contribution in [2.24, 2.45) is 5.84 Å². The molecule has 6 N–H and O–H groups in total. The highest BCUT2D eigenvalue weighted by atomic mass is 31.2. The first-order valence-electron chi connectivity index (χ1n) is 6.14. The van der Waals surface area contributed by atoms with E-state index in [2.05, 4.69) is 29.0 Å². The standard InChI is InChI=1S/C5H11N2O6P.C4H10.H3O3P/c1-2-12-4(8)3-13-14(10,11)5(9)7-6;1-3-4-2;1-4(2)3/h2-3,6H2,1H3,(H,7,9)(H,10,11);3-4H2,1-2H3;4H,(H2,1,2,3). The summed E-state index contributed by atoms with van der Waals surface area (Å²) in [7, 11) is -7.67. The third-order valence-corrected chi connectivity index (χ3v) is 2.66. The maximum atomic E-state index is 10.9. The number of amides is 1. The van der Waals surface area contributed by atoms with Crippen molar-refractivity contribution in [2.45, 2.75) is 33.6 Å². The zero-order chi connectivity index (χ0) is 18.2. The van der Waals surface area contributed by atoms with Gasteiger partial charge >= 0.3 is 27.5 Å². The van der Waals surface area contributed by atoms with Gasteiger partial charge in [-0.25, -0.2) is 15.2 Å². The van der Waals surface area contributed by atoms with Crippen LogP contribution in [0, 0.1) is 0 Å². The molecule has 0 aliphatic carbocycles. The maximum absolute atomic E-state index is 10.9.